The number of hydrogen-bond donors (Lipinski definition) is 3. The first-order chi connectivity index (χ1) is 5.14. The molecule has 4 N–H and O–H groups in total. The van der Waals surface area contributed by atoms with Crippen LogP contribution in [-0.4, -0.2) is 28.2 Å². The molecule has 0 heterocycles. The van der Waals surface area contributed by atoms with Crippen molar-refractivity contribution in [1.82, 2.24) is 0 Å². The molecule has 0 aliphatic heterocycles. The standard InChI is InChI=1S/C4H7NO4/c5-2(4(8)9)1-3(6)7/h2H,1,5H2,(H,6,7)(H,8,9)/i1D2,2D,3+1. The molecular formula is C4H7NO4. The van der Waals surface area contributed by atoms with Crippen LogP contribution in [0.1, 0.15) is 10.5 Å². The Morgan fingerprint density at radius 2 is 2.22 bits per heavy atom. The van der Waals surface area contributed by atoms with Gasteiger partial charge in [0.1, 0.15) is 6.02 Å². The van der Waals surface area contributed by atoms with Crippen molar-refractivity contribution >= 4 is 11.9 Å². The average Bonchev–Trinajstić information content (AvgIpc) is 1.86. The van der Waals surface area contributed by atoms with Crippen molar-refractivity contribution in [3.05, 3.63) is 0 Å². The van der Waals surface area contributed by atoms with Crippen molar-refractivity contribution in [2.24, 2.45) is 5.73 Å². The number of aliphatic carboxylic acids is 2. The lowest BCUT2D eigenvalue weighted by Gasteiger charge is -1.99. The summed E-state index contributed by atoms with van der Waals surface area (Å²) in [6.07, 6.45) is -3.32. The highest BCUT2D eigenvalue weighted by atomic mass is 16.5. The lowest BCUT2D eigenvalue weighted by Crippen LogP contribution is -2.32. The van der Waals surface area contributed by atoms with E-state index in [1.807, 2.05) is 0 Å². The van der Waals surface area contributed by atoms with Gasteiger partial charge in [-0.3, -0.25) is 9.59 Å². The topological polar surface area (TPSA) is 101 Å². The summed E-state index contributed by atoms with van der Waals surface area (Å²) in [5.41, 5.74) is 4.65. The van der Waals surface area contributed by atoms with Gasteiger partial charge in [-0.05, 0) is 0 Å². The fourth-order valence-electron chi connectivity index (χ4n) is 0.169. The van der Waals surface area contributed by atoms with Gasteiger partial charge in [-0.2, -0.15) is 0 Å². The van der Waals surface area contributed by atoms with Crippen LogP contribution in [0.25, 0.3) is 0 Å². The van der Waals surface area contributed by atoms with Crippen molar-refractivity contribution < 1.29 is 23.9 Å². The maximum Gasteiger partial charge on any atom is 0.321 e. The van der Waals surface area contributed by atoms with Gasteiger partial charge in [0.2, 0.25) is 0 Å². The fraction of sp³-hybridized carbons (Fsp3) is 0.500. The summed E-state index contributed by atoms with van der Waals surface area (Å²) in [6, 6.07) is -3.18. The van der Waals surface area contributed by atoms with E-state index < -0.39 is 24.3 Å². The predicted molar refractivity (Wildman–Crippen MR) is 27.9 cm³/mol. The van der Waals surface area contributed by atoms with Crippen molar-refractivity contribution in [2.75, 3.05) is 0 Å². The SMILES string of the molecule is [2H]C(N)(C(=O)O)C([2H])([2H])[13C](=O)O. The second-order valence-corrected chi connectivity index (χ2v) is 1.15. The molecular weight excluding hydrogens is 127 g/mol. The van der Waals surface area contributed by atoms with Gasteiger partial charge >= 0.3 is 11.9 Å². The van der Waals surface area contributed by atoms with Crippen LogP contribution in [0.5, 0.6) is 0 Å². The van der Waals surface area contributed by atoms with Crippen molar-refractivity contribution in [3.63, 3.8) is 0 Å². The first-order valence-electron chi connectivity index (χ1n) is 3.39. The summed E-state index contributed by atoms with van der Waals surface area (Å²) in [7, 11) is 0. The van der Waals surface area contributed by atoms with Crippen LogP contribution in [0, 0.1) is 0 Å². The van der Waals surface area contributed by atoms with Gasteiger partial charge in [0.15, 0.2) is 0 Å². The number of nitrogens with two attached hydrogens (primary N) is 1. The number of carboxylic acid groups (broad SMARTS) is 2. The molecule has 0 fully saturated rings. The van der Waals surface area contributed by atoms with Crippen LogP contribution < -0.4 is 5.73 Å². The number of hydrogen-bond acceptors (Lipinski definition) is 3. The van der Waals surface area contributed by atoms with E-state index in [1.54, 1.807) is 0 Å². The Morgan fingerprint density at radius 3 is 2.33 bits per heavy atom. The lowest BCUT2D eigenvalue weighted by molar-refractivity contribution is -0.144. The minimum Gasteiger partial charge on any atom is -0.481 e. The Kier molecular flexibility index (Phi) is 1.29. The minimum absolute atomic E-state index is 2.03. The zero-order chi connectivity index (χ0) is 10.2. The molecule has 0 aliphatic carbocycles. The van der Waals surface area contributed by atoms with Crippen LogP contribution in [0.4, 0.5) is 0 Å². The third-order valence-corrected chi connectivity index (χ3v) is 0.472. The van der Waals surface area contributed by atoms with E-state index in [4.69, 9.17) is 14.3 Å². The van der Waals surface area contributed by atoms with Crippen LogP contribution >= 0.6 is 0 Å². The molecule has 0 radical (unpaired) electrons. The number of carboxylic acids is 2. The van der Waals surface area contributed by atoms with Crippen molar-refractivity contribution in [1.29, 1.82) is 0 Å². The normalized spacial score (nSPS) is 22.6. The molecule has 0 bridgehead atoms. The van der Waals surface area contributed by atoms with E-state index in [-0.39, 0.29) is 0 Å². The van der Waals surface area contributed by atoms with Crippen LogP contribution in [-0.2, 0) is 9.59 Å². The summed E-state index contributed by atoms with van der Waals surface area (Å²) < 4.78 is 20.1. The molecule has 0 aromatic carbocycles. The third kappa shape index (κ3) is 3.48. The quantitative estimate of drug-likeness (QED) is 0.427. The Bertz CT molecular complexity index is 202. The molecule has 0 saturated heterocycles. The maximum atomic E-state index is 10.2. The van der Waals surface area contributed by atoms with E-state index in [1.165, 1.54) is 0 Å². The number of carbonyl (C=O) groups is 2. The van der Waals surface area contributed by atoms with Gasteiger partial charge in [-0.15, -0.1) is 0 Å². The van der Waals surface area contributed by atoms with Crippen molar-refractivity contribution in [3.8, 4) is 0 Å². The Morgan fingerprint density at radius 1 is 1.78 bits per heavy atom. The molecule has 0 amide bonds. The molecule has 5 heteroatoms. The lowest BCUT2D eigenvalue weighted by atomic mass is 10.3. The summed E-state index contributed by atoms with van der Waals surface area (Å²) >= 11 is 0. The van der Waals surface area contributed by atoms with E-state index in [0.29, 0.717) is 0 Å². The van der Waals surface area contributed by atoms with Gasteiger partial charge < -0.3 is 15.9 Å². The third-order valence-electron chi connectivity index (χ3n) is 0.472. The molecule has 0 aromatic rings. The van der Waals surface area contributed by atoms with E-state index in [0.717, 1.165) is 0 Å². The molecule has 1 unspecified atom stereocenters. The van der Waals surface area contributed by atoms with Crippen LogP contribution in [0.3, 0.4) is 0 Å². The molecule has 5 nitrogen and oxygen atoms in total. The van der Waals surface area contributed by atoms with E-state index in [9.17, 15) is 9.59 Å². The second-order valence-electron chi connectivity index (χ2n) is 1.15. The molecule has 0 aromatic heterocycles. The first kappa shape index (κ1) is 3.84. The van der Waals surface area contributed by atoms with E-state index in [2.05, 4.69) is 5.73 Å². The summed E-state index contributed by atoms with van der Waals surface area (Å²) in [4.78, 5) is 20.3. The maximum absolute atomic E-state index is 10.2. The molecule has 0 saturated carbocycles. The Balaban J connectivity index is 5.01. The molecule has 0 rings (SSSR count). The molecule has 1 atom stereocenters. The van der Waals surface area contributed by atoms with Gasteiger partial charge in [0, 0.05) is 2.74 Å². The largest absolute Gasteiger partial charge is 0.481 e. The summed E-state index contributed by atoms with van der Waals surface area (Å²) in [5, 5.41) is 16.4. The molecule has 52 valence electrons. The van der Waals surface area contributed by atoms with Crippen LogP contribution in [0.2, 0.25) is 0 Å². The average molecular weight is 137 g/mol. The molecule has 0 aliphatic rings. The number of rotatable bonds is 3. The predicted octanol–water partition coefficient (Wildman–Crippen LogP) is -1.13. The smallest absolute Gasteiger partial charge is 0.321 e. The van der Waals surface area contributed by atoms with Crippen molar-refractivity contribution in [2.45, 2.75) is 12.4 Å². The fourth-order valence-corrected chi connectivity index (χ4v) is 0.169. The molecule has 9 heavy (non-hydrogen) atoms. The Hall–Kier alpha value is -1.10. The summed E-state index contributed by atoms with van der Waals surface area (Å²) in [6.45, 7) is 0. The minimum atomic E-state index is -3.32. The monoisotopic (exact) mass is 137 g/mol. The first-order valence-corrected chi connectivity index (χ1v) is 1.89. The van der Waals surface area contributed by atoms with Gasteiger partial charge in [-0.25, -0.2) is 0 Å². The highest BCUT2D eigenvalue weighted by molar-refractivity contribution is 5.80. The highest BCUT2D eigenvalue weighted by Crippen LogP contribution is 1.86. The zero-order valence-corrected chi connectivity index (χ0v) is 4.29. The summed E-state index contributed by atoms with van der Waals surface area (Å²) in [5.74, 6) is -4.11. The van der Waals surface area contributed by atoms with E-state index >= 15 is 0 Å². The van der Waals surface area contributed by atoms with Crippen LogP contribution in [0.15, 0.2) is 0 Å². The Labute approximate surface area is 55.3 Å². The van der Waals surface area contributed by atoms with Gasteiger partial charge in [-0.1, -0.05) is 0 Å². The van der Waals surface area contributed by atoms with Gasteiger partial charge in [0.25, 0.3) is 0 Å². The second kappa shape index (κ2) is 3.03. The zero-order valence-electron chi connectivity index (χ0n) is 7.29. The van der Waals surface area contributed by atoms with Gasteiger partial charge in [0.05, 0.1) is 7.74 Å². The molecule has 0 spiro atoms. The highest BCUT2D eigenvalue weighted by Gasteiger charge is 2.14.